The van der Waals surface area contributed by atoms with E-state index >= 15 is 0 Å². The van der Waals surface area contributed by atoms with Crippen LogP contribution in [0.25, 0.3) is 0 Å². The SMILES string of the molecule is CCOc1ccccc1CC[C@H](C)O. The van der Waals surface area contributed by atoms with Crippen molar-refractivity contribution in [2.24, 2.45) is 0 Å². The third-order valence-corrected chi connectivity index (χ3v) is 2.10. The maximum Gasteiger partial charge on any atom is 0.122 e. The Bertz CT molecular complexity index is 269. The largest absolute Gasteiger partial charge is 0.494 e. The summed E-state index contributed by atoms with van der Waals surface area (Å²) < 4.78 is 5.49. The lowest BCUT2D eigenvalue weighted by Gasteiger charge is -2.10. The van der Waals surface area contributed by atoms with E-state index in [1.54, 1.807) is 0 Å². The molecule has 1 N–H and O–H groups in total. The Kier molecular flexibility index (Phi) is 4.47. The molecule has 14 heavy (non-hydrogen) atoms. The molecule has 0 spiro atoms. The van der Waals surface area contributed by atoms with E-state index < -0.39 is 0 Å². The molecule has 0 aliphatic carbocycles. The van der Waals surface area contributed by atoms with Gasteiger partial charge in [-0.05, 0) is 38.3 Å². The van der Waals surface area contributed by atoms with Crippen LogP contribution in [0.3, 0.4) is 0 Å². The Morgan fingerprint density at radius 1 is 1.36 bits per heavy atom. The summed E-state index contributed by atoms with van der Waals surface area (Å²) in [6, 6.07) is 7.99. The second-order valence-corrected chi connectivity index (χ2v) is 3.43. The van der Waals surface area contributed by atoms with Crippen LogP contribution < -0.4 is 4.74 Å². The van der Waals surface area contributed by atoms with Crippen molar-refractivity contribution in [1.82, 2.24) is 0 Å². The number of benzene rings is 1. The fraction of sp³-hybridized carbons (Fsp3) is 0.500. The summed E-state index contributed by atoms with van der Waals surface area (Å²) in [5.74, 6) is 0.940. The highest BCUT2D eigenvalue weighted by Crippen LogP contribution is 2.19. The highest BCUT2D eigenvalue weighted by Gasteiger charge is 2.03. The summed E-state index contributed by atoms with van der Waals surface area (Å²) in [6.07, 6.45) is 1.41. The molecule has 2 nitrogen and oxygen atoms in total. The van der Waals surface area contributed by atoms with Crippen LogP contribution in [0.15, 0.2) is 24.3 Å². The van der Waals surface area contributed by atoms with Gasteiger partial charge in [0.15, 0.2) is 0 Å². The second kappa shape index (κ2) is 5.66. The third kappa shape index (κ3) is 3.38. The summed E-state index contributed by atoms with van der Waals surface area (Å²) >= 11 is 0. The standard InChI is InChI=1S/C12H18O2/c1-3-14-12-7-5-4-6-11(12)9-8-10(2)13/h4-7,10,13H,3,8-9H2,1-2H3/t10-/m0/s1. The highest BCUT2D eigenvalue weighted by molar-refractivity contribution is 5.33. The minimum absolute atomic E-state index is 0.246. The van der Waals surface area contributed by atoms with Crippen molar-refractivity contribution in [2.45, 2.75) is 32.8 Å². The van der Waals surface area contributed by atoms with E-state index in [1.165, 1.54) is 5.56 Å². The minimum Gasteiger partial charge on any atom is -0.494 e. The Hall–Kier alpha value is -1.02. The third-order valence-electron chi connectivity index (χ3n) is 2.10. The van der Waals surface area contributed by atoms with Gasteiger partial charge in [-0.2, -0.15) is 0 Å². The van der Waals surface area contributed by atoms with Crippen molar-refractivity contribution >= 4 is 0 Å². The molecule has 0 radical (unpaired) electrons. The zero-order valence-electron chi connectivity index (χ0n) is 8.86. The molecule has 1 rings (SSSR count). The smallest absolute Gasteiger partial charge is 0.122 e. The number of aliphatic hydroxyl groups excluding tert-OH is 1. The van der Waals surface area contributed by atoms with Gasteiger partial charge >= 0.3 is 0 Å². The number of rotatable bonds is 5. The summed E-state index contributed by atoms with van der Waals surface area (Å²) in [4.78, 5) is 0. The van der Waals surface area contributed by atoms with E-state index in [4.69, 9.17) is 4.74 Å². The molecule has 0 fully saturated rings. The van der Waals surface area contributed by atoms with Gasteiger partial charge in [-0.15, -0.1) is 0 Å². The first-order valence-corrected chi connectivity index (χ1v) is 5.12. The van der Waals surface area contributed by atoms with Crippen molar-refractivity contribution in [3.63, 3.8) is 0 Å². The maximum atomic E-state index is 9.19. The maximum absolute atomic E-state index is 9.19. The van der Waals surface area contributed by atoms with E-state index in [2.05, 4.69) is 0 Å². The number of ether oxygens (including phenoxy) is 1. The first-order valence-electron chi connectivity index (χ1n) is 5.12. The number of aliphatic hydroxyl groups is 1. The highest BCUT2D eigenvalue weighted by atomic mass is 16.5. The molecule has 0 saturated heterocycles. The molecule has 0 unspecified atom stereocenters. The van der Waals surface area contributed by atoms with Crippen LogP contribution in [0, 0.1) is 0 Å². The van der Waals surface area contributed by atoms with Crippen molar-refractivity contribution < 1.29 is 9.84 Å². The van der Waals surface area contributed by atoms with Gasteiger partial charge in [-0.3, -0.25) is 0 Å². The van der Waals surface area contributed by atoms with E-state index in [1.807, 2.05) is 38.1 Å². The van der Waals surface area contributed by atoms with Gasteiger partial charge in [-0.1, -0.05) is 18.2 Å². The molecule has 1 aromatic carbocycles. The van der Waals surface area contributed by atoms with Gasteiger partial charge in [0.05, 0.1) is 12.7 Å². The average Bonchev–Trinajstić information content (AvgIpc) is 2.17. The van der Waals surface area contributed by atoms with Crippen LogP contribution in [-0.2, 0) is 6.42 Å². The van der Waals surface area contributed by atoms with Gasteiger partial charge in [-0.25, -0.2) is 0 Å². The molecule has 1 aromatic rings. The first kappa shape index (κ1) is 11.1. The van der Waals surface area contributed by atoms with E-state index in [9.17, 15) is 5.11 Å². The Morgan fingerprint density at radius 3 is 2.71 bits per heavy atom. The average molecular weight is 194 g/mol. The molecule has 0 aromatic heterocycles. The molecule has 0 heterocycles. The molecule has 78 valence electrons. The van der Waals surface area contributed by atoms with Gasteiger partial charge in [0.1, 0.15) is 5.75 Å². The van der Waals surface area contributed by atoms with Crippen LogP contribution in [-0.4, -0.2) is 17.8 Å². The topological polar surface area (TPSA) is 29.5 Å². The normalized spacial score (nSPS) is 12.5. The van der Waals surface area contributed by atoms with Crippen LogP contribution in [0.4, 0.5) is 0 Å². The lowest BCUT2D eigenvalue weighted by atomic mass is 10.1. The van der Waals surface area contributed by atoms with Crippen molar-refractivity contribution in [3.8, 4) is 5.75 Å². The molecular weight excluding hydrogens is 176 g/mol. The fourth-order valence-corrected chi connectivity index (χ4v) is 1.37. The Balaban J connectivity index is 2.64. The number of hydrogen-bond acceptors (Lipinski definition) is 2. The summed E-state index contributed by atoms with van der Waals surface area (Å²) in [5.41, 5.74) is 1.18. The molecule has 0 aliphatic heterocycles. The summed E-state index contributed by atoms with van der Waals surface area (Å²) in [5, 5.41) is 9.19. The lowest BCUT2D eigenvalue weighted by molar-refractivity contribution is 0.184. The molecule has 0 bridgehead atoms. The molecule has 0 amide bonds. The molecular formula is C12H18O2. The fourth-order valence-electron chi connectivity index (χ4n) is 1.37. The summed E-state index contributed by atoms with van der Waals surface area (Å²) in [7, 11) is 0. The quantitative estimate of drug-likeness (QED) is 0.780. The van der Waals surface area contributed by atoms with Crippen LogP contribution in [0.2, 0.25) is 0 Å². The molecule has 2 heteroatoms. The summed E-state index contributed by atoms with van der Waals surface area (Å²) in [6.45, 7) is 4.47. The van der Waals surface area contributed by atoms with E-state index in [0.29, 0.717) is 6.61 Å². The predicted molar refractivity (Wildman–Crippen MR) is 57.6 cm³/mol. The van der Waals surface area contributed by atoms with Gasteiger partial charge in [0.2, 0.25) is 0 Å². The van der Waals surface area contributed by atoms with Crippen LogP contribution in [0.5, 0.6) is 5.75 Å². The van der Waals surface area contributed by atoms with E-state index in [0.717, 1.165) is 18.6 Å². The van der Waals surface area contributed by atoms with Crippen LogP contribution in [0.1, 0.15) is 25.8 Å². The van der Waals surface area contributed by atoms with E-state index in [-0.39, 0.29) is 6.10 Å². The molecule has 0 saturated carbocycles. The van der Waals surface area contributed by atoms with Crippen molar-refractivity contribution in [3.05, 3.63) is 29.8 Å². The second-order valence-electron chi connectivity index (χ2n) is 3.43. The molecule has 1 atom stereocenters. The predicted octanol–water partition coefficient (Wildman–Crippen LogP) is 2.40. The Labute approximate surface area is 85.5 Å². The number of aryl methyl sites for hydroxylation is 1. The van der Waals surface area contributed by atoms with Crippen molar-refractivity contribution in [1.29, 1.82) is 0 Å². The van der Waals surface area contributed by atoms with Crippen molar-refractivity contribution in [2.75, 3.05) is 6.61 Å². The van der Waals surface area contributed by atoms with Gasteiger partial charge in [0.25, 0.3) is 0 Å². The number of hydrogen-bond donors (Lipinski definition) is 1. The molecule has 0 aliphatic rings. The zero-order chi connectivity index (χ0) is 10.4. The monoisotopic (exact) mass is 194 g/mol. The lowest BCUT2D eigenvalue weighted by Crippen LogP contribution is -2.03. The minimum atomic E-state index is -0.246. The van der Waals surface area contributed by atoms with Gasteiger partial charge in [0, 0.05) is 0 Å². The Morgan fingerprint density at radius 2 is 2.07 bits per heavy atom. The first-order chi connectivity index (χ1) is 6.74. The number of para-hydroxylation sites is 1. The zero-order valence-corrected chi connectivity index (χ0v) is 8.86. The van der Waals surface area contributed by atoms with Gasteiger partial charge < -0.3 is 9.84 Å². The van der Waals surface area contributed by atoms with Crippen LogP contribution >= 0.6 is 0 Å².